The molecule has 2 amide bonds. The second-order valence-corrected chi connectivity index (χ2v) is 6.64. The SMILES string of the molecule is CCc1ccccc1N1CC(C(=O)Nc2ccc(CC(=O)O)cc2)CC1=O. The molecule has 0 aromatic heterocycles. The van der Waals surface area contributed by atoms with Gasteiger partial charge in [-0.3, -0.25) is 14.4 Å². The quantitative estimate of drug-likeness (QED) is 0.823. The number of carbonyl (C=O) groups is 3. The van der Waals surface area contributed by atoms with Gasteiger partial charge < -0.3 is 15.3 Å². The summed E-state index contributed by atoms with van der Waals surface area (Å²) >= 11 is 0. The molecule has 6 heteroatoms. The molecule has 0 aliphatic carbocycles. The van der Waals surface area contributed by atoms with E-state index >= 15 is 0 Å². The van der Waals surface area contributed by atoms with Crippen molar-refractivity contribution in [1.29, 1.82) is 0 Å². The van der Waals surface area contributed by atoms with Crippen LogP contribution in [0.2, 0.25) is 0 Å². The first-order chi connectivity index (χ1) is 13.0. The van der Waals surface area contributed by atoms with E-state index in [-0.39, 0.29) is 24.7 Å². The Morgan fingerprint density at radius 2 is 1.85 bits per heavy atom. The molecule has 0 saturated carbocycles. The minimum Gasteiger partial charge on any atom is -0.481 e. The van der Waals surface area contributed by atoms with Crippen LogP contribution in [0.4, 0.5) is 11.4 Å². The number of hydrogen-bond donors (Lipinski definition) is 2. The van der Waals surface area contributed by atoms with Gasteiger partial charge in [0.25, 0.3) is 0 Å². The fourth-order valence-electron chi connectivity index (χ4n) is 3.31. The molecule has 1 fully saturated rings. The van der Waals surface area contributed by atoms with Gasteiger partial charge in [-0.1, -0.05) is 37.3 Å². The monoisotopic (exact) mass is 366 g/mol. The molecular weight excluding hydrogens is 344 g/mol. The maximum atomic E-state index is 12.6. The fraction of sp³-hybridized carbons (Fsp3) is 0.286. The lowest BCUT2D eigenvalue weighted by Gasteiger charge is -2.20. The Morgan fingerprint density at radius 1 is 1.15 bits per heavy atom. The van der Waals surface area contributed by atoms with Crippen LogP contribution in [0.15, 0.2) is 48.5 Å². The van der Waals surface area contributed by atoms with E-state index in [1.54, 1.807) is 29.2 Å². The number of nitrogens with one attached hydrogen (secondary N) is 1. The van der Waals surface area contributed by atoms with Crippen molar-refractivity contribution in [2.24, 2.45) is 5.92 Å². The van der Waals surface area contributed by atoms with Gasteiger partial charge in [0.1, 0.15) is 0 Å². The van der Waals surface area contributed by atoms with E-state index in [1.165, 1.54) is 0 Å². The predicted molar refractivity (Wildman–Crippen MR) is 103 cm³/mol. The Bertz CT molecular complexity index is 861. The van der Waals surface area contributed by atoms with E-state index in [0.29, 0.717) is 17.8 Å². The first kappa shape index (κ1) is 18.6. The van der Waals surface area contributed by atoms with Crippen molar-refractivity contribution in [3.8, 4) is 0 Å². The summed E-state index contributed by atoms with van der Waals surface area (Å²) in [6.45, 7) is 2.40. The zero-order chi connectivity index (χ0) is 19.4. The lowest BCUT2D eigenvalue weighted by molar-refractivity contribution is -0.136. The Labute approximate surface area is 157 Å². The zero-order valence-corrected chi connectivity index (χ0v) is 15.1. The predicted octanol–water partition coefficient (Wildman–Crippen LogP) is 2.87. The summed E-state index contributed by atoms with van der Waals surface area (Å²) in [7, 11) is 0. The summed E-state index contributed by atoms with van der Waals surface area (Å²) in [6.07, 6.45) is 0.942. The topological polar surface area (TPSA) is 86.7 Å². The Hall–Kier alpha value is -3.15. The van der Waals surface area contributed by atoms with Gasteiger partial charge >= 0.3 is 5.97 Å². The van der Waals surface area contributed by atoms with E-state index in [1.807, 2.05) is 31.2 Å². The molecule has 2 aromatic carbocycles. The van der Waals surface area contributed by atoms with Crippen LogP contribution in [0.1, 0.15) is 24.5 Å². The average Bonchev–Trinajstić information content (AvgIpc) is 3.04. The second kappa shape index (κ2) is 8.03. The summed E-state index contributed by atoms with van der Waals surface area (Å²) in [5, 5.41) is 11.6. The third-order valence-electron chi connectivity index (χ3n) is 4.74. The largest absolute Gasteiger partial charge is 0.481 e. The molecule has 27 heavy (non-hydrogen) atoms. The second-order valence-electron chi connectivity index (χ2n) is 6.64. The average molecular weight is 366 g/mol. The molecule has 1 unspecified atom stereocenters. The number of carbonyl (C=O) groups excluding carboxylic acids is 2. The normalized spacial score (nSPS) is 16.4. The first-order valence-corrected chi connectivity index (χ1v) is 8.97. The number of rotatable bonds is 6. The molecule has 1 aliphatic heterocycles. The van der Waals surface area contributed by atoms with Crippen molar-refractivity contribution in [1.82, 2.24) is 0 Å². The molecule has 2 N–H and O–H groups in total. The number of aryl methyl sites for hydroxylation is 1. The summed E-state index contributed by atoms with van der Waals surface area (Å²) in [5.41, 5.74) is 3.21. The van der Waals surface area contributed by atoms with Crippen LogP contribution in [0, 0.1) is 5.92 Å². The smallest absolute Gasteiger partial charge is 0.307 e. The molecule has 1 atom stereocenters. The Balaban J connectivity index is 1.66. The van der Waals surface area contributed by atoms with E-state index in [4.69, 9.17) is 5.11 Å². The van der Waals surface area contributed by atoms with Crippen molar-refractivity contribution in [3.05, 3.63) is 59.7 Å². The molecular formula is C21H22N2O4. The number of hydrogen-bond acceptors (Lipinski definition) is 3. The highest BCUT2D eigenvalue weighted by Gasteiger charge is 2.35. The maximum Gasteiger partial charge on any atom is 0.307 e. The number of nitrogens with zero attached hydrogens (tertiary/aromatic N) is 1. The van der Waals surface area contributed by atoms with Crippen LogP contribution in [0.25, 0.3) is 0 Å². The van der Waals surface area contributed by atoms with Crippen molar-refractivity contribution in [2.75, 3.05) is 16.8 Å². The number of aliphatic carboxylic acids is 1. The molecule has 140 valence electrons. The van der Waals surface area contributed by atoms with Gasteiger partial charge in [-0.2, -0.15) is 0 Å². The number of carboxylic acids is 1. The van der Waals surface area contributed by atoms with Gasteiger partial charge in [-0.25, -0.2) is 0 Å². The van der Waals surface area contributed by atoms with Crippen molar-refractivity contribution < 1.29 is 19.5 Å². The van der Waals surface area contributed by atoms with Gasteiger partial charge in [0.2, 0.25) is 11.8 Å². The third-order valence-corrected chi connectivity index (χ3v) is 4.74. The Kier molecular flexibility index (Phi) is 5.54. The number of anilines is 2. The lowest BCUT2D eigenvalue weighted by atomic mass is 10.1. The summed E-state index contributed by atoms with van der Waals surface area (Å²) in [5.74, 6) is -1.57. The number of para-hydroxylation sites is 1. The zero-order valence-electron chi connectivity index (χ0n) is 15.1. The van der Waals surface area contributed by atoms with Crippen LogP contribution in [-0.2, 0) is 27.2 Å². The molecule has 2 aromatic rings. The molecule has 6 nitrogen and oxygen atoms in total. The third kappa shape index (κ3) is 4.34. The highest BCUT2D eigenvalue weighted by atomic mass is 16.4. The Morgan fingerprint density at radius 3 is 2.52 bits per heavy atom. The van der Waals surface area contributed by atoms with E-state index in [9.17, 15) is 14.4 Å². The minimum absolute atomic E-state index is 0.0483. The highest BCUT2D eigenvalue weighted by Crippen LogP contribution is 2.29. The standard InChI is InChI=1S/C21H22N2O4/c1-2-15-5-3-4-6-18(15)23-13-16(12-19(23)24)21(27)22-17-9-7-14(8-10-17)11-20(25)26/h3-10,16H,2,11-13H2,1H3,(H,22,27)(H,25,26). The molecule has 1 saturated heterocycles. The maximum absolute atomic E-state index is 12.6. The highest BCUT2D eigenvalue weighted by molar-refractivity contribution is 6.03. The summed E-state index contributed by atoms with van der Waals surface area (Å²) in [4.78, 5) is 37.4. The van der Waals surface area contributed by atoms with Gasteiger partial charge in [-0.05, 0) is 35.7 Å². The molecule has 0 radical (unpaired) electrons. The first-order valence-electron chi connectivity index (χ1n) is 8.97. The van der Waals surface area contributed by atoms with Crippen LogP contribution in [0.5, 0.6) is 0 Å². The molecule has 0 bridgehead atoms. The van der Waals surface area contributed by atoms with Crippen LogP contribution in [0.3, 0.4) is 0 Å². The van der Waals surface area contributed by atoms with E-state index in [2.05, 4.69) is 5.32 Å². The van der Waals surface area contributed by atoms with Gasteiger partial charge in [-0.15, -0.1) is 0 Å². The molecule has 1 aliphatic rings. The molecule has 3 rings (SSSR count). The van der Waals surface area contributed by atoms with Gasteiger partial charge in [0, 0.05) is 24.3 Å². The van der Waals surface area contributed by atoms with Crippen molar-refractivity contribution >= 4 is 29.2 Å². The fourth-order valence-corrected chi connectivity index (χ4v) is 3.31. The summed E-state index contributed by atoms with van der Waals surface area (Å²) < 4.78 is 0. The molecule has 1 heterocycles. The number of carboxylic acid groups (broad SMARTS) is 1. The van der Waals surface area contributed by atoms with Crippen molar-refractivity contribution in [3.63, 3.8) is 0 Å². The van der Waals surface area contributed by atoms with E-state index in [0.717, 1.165) is 17.7 Å². The van der Waals surface area contributed by atoms with Gasteiger partial charge in [0.15, 0.2) is 0 Å². The van der Waals surface area contributed by atoms with Crippen LogP contribution < -0.4 is 10.2 Å². The van der Waals surface area contributed by atoms with Gasteiger partial charge in [0.05, 0.1) is 12.3 Å². The molecule has 0 spiro atoms. The summed E-state index contributed by atoms with van der Waals surface area (Å²) in [6, 6.07) is 14.5. The van der Waals surface area contributed by atoms with Crippen LogP contribution >= 0.6 is 0 Å². The number of amides is 2. The van der Waals surface area contributed by atoms with Crippen molar-refractivity contribution in [2.45, 2.75) is 26.2 Å². The number of benzene rings is 2. The van der Waals surface area contributed by atoms with E-state index < -0.39 is 11.9 Å². The minimum atomic E-state index is -0.899. The van der Waals surface area contributed by atoms with Crippen LogP contribution in [-0.4, -0.2) is 29.4 Å². The lowest BCUT2D eigenvalue weighted by Crippen LogP contribution is -2.28.